The van der Waals surface area contributed by atoms with Crippen molar-refractivity contribution in [1.82, 2.24) is 14.5 Å². The van der Waals surface area contributed by atoms with Crippen molar-refractivity contribution in [2.45, 2.75) is 29.4 Å². The first kappa shape index (κ1) is 32.5. The van der Waals surface area contributed by atoms with Crippen LogP contribution in [-0.4, -0.2) is 27.1 Å². The van der Waals surface area contributed by atoms with Crippen LogP contribution >= 0.6 is 34.4 Å². The number of hydrogen-bond donors (Lipinski definition) is 0. The lowest BCUT2D eigenvalue weighted by Crippen LogP contribution is -2.39. The second-order valence-corrected chi connectivity index (χ2v) is 13.5. The number of halogens is 3. The molecule has 1 aliphatic heterocycles. The Bertz CT molecular complexity index is 2370. The van der Waals surface area contributed by atoms with Crippen LogP contribution in [0.25, 0.3) is 23.0 Å². The molecule has 0 radical (unpaired) electrons. The van der Waals surface area contributed by atoms with Gasteiger partial charge in [0.2, 0.25) is 0 Å². The number of esters is 1. The predicted molar refractivity (Wildman–Crippen MR) is 181 cm³/mol. The van der Waals surface area contributed by atoms with Crippen LogP contribution in [-0.2, 0) is 15.7 Å². The predicted octanol–water partition coefficient (Wildman–Crippen LogP) is 7.22. The highest BCUT2D eigenvalue weighted by atomic mass is 32.2. The van der Waals surface area contributed by atoms with Gasteiger partial charge in [0.05, 0.1) is 28.1 Å². The topological polar surface area (TPSA) is 99.6 Å². The maximum Gasteiger partial charge on any atom is 0.433 e. The van der Waals surface area contributed by atoms with Gasteiger partial charge in [-0.25, -0.2) is 19.8 Å². The van der Waals surface area contributed by atoms with Gasteiger partial charge in [-0.1, -0.05) is 78.1 Å². The average molecular weight is 717 g/mol. The largest absolute Gasteiger partial charge is 0.463 e. The Labute approximate surface area is 288 Å². The highest BCUT2D eigenvalue weighted by Gasteiger charge is 2.36. The van der Waals surface area contributed by atoms with Gasteiger partial charge >= 0.3 is 12.1 Å². The third-order valence-corrected chi connectivity index (χ3v) is 10.0. The van der Waals surface area contributed by atoms with Crippen LogP contribution in [0.15, 0.2) is 126 Å². The second-order valence-electron chi connectivity index (χ2n) is 10.5. The molecule has 246 valence electrons. The Hall–Kier alpha value is -5.05. The van der Waals surface area contributed by atoms with Crippen LogP contribution in [0, 0.1) is 0 Å². The lowest BCUT2D eigenvalue weighted by molar-refractivity contribution is -0.141. The maximum absolute atomic E-state index is 14.0. The Morgan fingerprint density at radius 2 is 1.73 bits per heavy atom. The number of benzene rings is 2. The Morgan fingerprint density at radius 1 is 1.00 bits per heavy atom. The molecule has 1 atom stereocenters. The summed E-state index contributed by atoms with van der Waals surface area (Å²) in [5.41, 5.74) is 0.528. The molecule has 49 heavy (non-hydrogen) atoms. The smallest absolute Gasteiger partial charge is 0.433 e. The van der Waals surface area contributed by atoms with Crippen molar-refractivity contribution in [3.05, 3.63) is 144 Å². The Balaban J connectivity index is 1.29. The molecule has 0 saturated heterocycles. The average Bonchev–Trinajstić information content (AvgIpc) is 3.86. The van der Waals surface area contributed by atoms with Gasteiger partial charge in [-0.2, -0.15) is 13.2 Å². The molecule has 14 heteroatoms. The summed E-state index contributed by atoms with van der Waals surface area (Å²) in [5.74, 6) is -0.290. The van der Waals surface area contributed by atoms with Crippen molar-refractivity contribution >= 4 is 52.2 Å². The Morgan fingerprint density at radius 3 is 2.41 bits per heavy atom. The zero-order valence-corrected chi connectivity index (χ0v) is 27.8. The molecule has 0 bridgehead atoms. The van der Waals surface area contributed by atoms with Gasteiger partial charge in [-0.15, -0.1) is 11.3 Å². The first-order valence-electron chi connectivity index (χ1n) is 14.8. The molecule has 1 aliphatic rings. The molecule has 8 nitrogen and oxygen atoms in total. The van der Waals surface area contributed by atoms with Gasteiger partial charge < -0.3 is 9.15 Å². The van der Waals surface area contributed by atoms with Crippen LogP contribution in [0.3, 0.4) is 0 Å². The summed E-state index contributed by atoms with van der Waals surface area (Å²) in [6.45, 7) is 1.86. The molecule has 0 saturated carbocycles. The number of nitrogens with zero attached hydrogens (tertiary/aromatic N) is 4. The summed E-state index contributed by atoms with van der Waals surface area (Å²) in [6, 6.07) is 24.7. The molecule has 5 heterocycles. The zero-order valence-electron chi connectivity index (χ0n) is 25.4. The molecule has 2 aromatic carbocycles. The fraction of sp³-hybridized carbons (Fsp3) is 0.114. The molecule has 7 rings (SSSR count). The number of hydrogen-bond acceptors (Lipinski definition) is 10. The van der Waals surface area contributed by atoms with E-state index in [0.717, 1.165) is 34.0 Å². The van der Waals surface area contributed by atoms with Crippen LogP contribution in [0.4, 0.5) is 13.2 Å². The van der Waals surface area contributed by atoms with Crippen molar-refractivity contribution in [3.63, 3.8) is 0 Å². The normalized spacial score (nSPS) is 14.9. The highest BCUT2D eigenvalue weighted by Crippen LogP contribution is 2.37. The standard InChI is InChI=1S/C35H23F3N4O4S3/c1-2-45-32(44)28-29(21-12-7-4-8-13-21)41-34-42(30(28)24-14-9-17-47-24)31(43)25(48-34)18-22-15-16-27(46-22)49-33-39-23(20-10-5-3-6-11-20)19-26(40-33)35(36,37)38/h3-19,30H,2H2,1H3/b25-18+/t30-/m1/s1. The minimum Gasteiger partial charge on any atom is -0.463 e. The fourth-order valence-corrected chi connectivity index (χ4v) is 7.76. The van der Waals surface area contributed by atoms with E-state index < -0.39 is 29.4 Å². The molecular formula is C35H23F3N4O4S3. The van der Waals surface area contributed by atoms with Crippen LogP contribution in [0.1, 0.15) is 34.9 Å². The number of furan rings is 1. The third kappa shape index (κ3) is 6.67. The van der Waals surface area contributed by atoms with Crippen molar-refractivity contribution in [1.29, 1.82) is 0 Å². The van der Waals surface area contributed by atoms with Gasteiger partial charge in [0, 0.05) is 22.1 Å². The number of carbonyl (C=O) groups is 1. The molecule has 0 spiro atoms. The van der Waals surface area contributed by atoms with E-state index in [1.165, 1.54) is 22.0 Å². The first-order chi connectivity index (χ1) is 23.7. The number of thiophene rings is 1. The van der Waals surface area contributed by atoms with Gasteiger partial charge in [0.25, 0.3) is 5.56 Å². The number of aromatic nitrogens is 3. The Kier molecular flexibility index (Phi) is 8.92. The summed E-state index contributed by atoms with van der Waals surface area (Å²) in [7, 11) is 0. The monoisotopic (exact) mass is 716 g/mol. The third-order valence-electron chi connectivity index (χ3n) is 7.32. The van der Waals surface area contributed by atoms with E-state index in [-0.39, 0.29) is 38.4 Å². The number of carbonyl (C=O) groups excluding carboxylic acids is 1. The van der Waals surface area contributed by atoms with E-state index in [1.54, 1.807) is 49.4 Å². The van der Waals surface area contributed by atoms with E-state index in [9.17, 15) is 22.8 Å². The van der Waals surface area contributed by atoms with Gasteiger partial charge in [-0.3, -0.25) is 9.36 Å². The number of fused-ring (bicyclic) bond motifs is 1. The SMILES string of the molecule is CCOC(=O)C1=C(c2ccccc2)N=c2s/c(=C/c3ccc(Sc4nc(-c5ccccc5)cc(C(F)(F)F)n4)o3)c(=O)n2[C@@H]1c1cccs1. The molecule has 0 aliphatic carbocycles. The van der Waals surface area contributed by atoms with E-state index in [1.807, 2.05) is 47.8 Å². The van der Waals surface area contributed by atoms with E-state index in [0.29, 0.717) is 21.6 Å². The second kappa shape index (κ2) is 13.5. The van der Waals surface area contributed by atoms with Gasteiger partial charge in [0.15, 0.2) is 15.1 Å². The van der Waals surface area contributed by atoms with Gasteiger partial charge in [-0.05, 0) is 48.3 Å². The minimum atomic E-state index is -4.68. The van der Waals surface area contributed by atoms with Crippen molar-refractivity contribution in [3.8, 4) is 11.3 Å². The van der Waals surface area contributed by atoms with Crippen molar-refractivity contribution < 1.29 is 27.1 Å². The summed E-state index contributed by atoms with van der Waals surface area (Å²) in [6.07, 6.45) is -3.14. The summed E-state index contributed by atoms with van der Waals surface area (Å²) in [4.78, 5) is 41.5. The maximum atomic E-state index is 14.0. The van der Waals surface area contributed by atoms with E-state index >= 15 is 0 Å². The zero-order chi connectivity index (χ0) is 34.1. The quantitative estimate of drug-likeness (QED) is 0.121. The molecule has 0 fully saturated rings. The van der Waals surface area contributed by atoms with E-state index in [4.69, 9.17) is 14.1 Å². The molecule has 4 aromatic heterocycles. The van der Waals surface area contributed by atoms with Crippen molar-refractivity contribution in [2.24, 2.45) is 4.99 Å². The minimum absolute atomic E-state index is 0.121. The molecule has 0 amide bonds. The number of thiazole rings is 1. The summed E-state index contributed by atoms with van der Waals surface area (Å²) in [5, 5.41) is 1.95. The van der Waals surface area contributed by atoms with E-state index in [2.05, 4.69) is 9.97 Å². The highest BCUT2D eigenvalue weighted by molar-refractivity contribution is 7.99. The summed E-state index contributed by atoms with van der Waals surface area (Å²) >= 11 is 3.37. The number of alkyl halides is 3. The molecule has 0 N–H and O–H groups in total. The van der Waals surface area contributed by atoms with Crippen molar-refractivity contribution in [2.75, 3.05) is 6.61 Å². The lowest BCUT2D eigenvalue weighted by atomic mass is 9.97. The number of ether oxygens (including phenoxy) is 1. The molecular weight excluding hydrogens is 694 g/mol. The van der Waals surface area contributed by atoms with Gasteiger partial charge in [0.1, 0.15) is 17.5 Å². The molecule has 0 unspecified atom stereocenters. The van der Waals surface area contributed by atoms with Crippen LogP contribution < -0.4 is 14.9 Å². The lowest BCUT2D eigenvalue weighted by Gasteiger charge is -2.24. The fourth-order valence-electron chi connectivity index (χ4n) is 5.22. The summed E-state index contributed by atoms with van der Waals surface area (Å²) < 4.78 is 54.4. The van der Waals surface area contributed by atoms with Crippen LogP contribution in [0.5, 0.6) is 0 Å². The first-order valence-corrected chi connectivity index (χ1v) is 17.3. The van der Waals surface area contributed by atoms with Crippen LogP contribution in [0.2, 0.25) is 0 Å². The molecule has 6 aromatic rings. The number of rotatable bonds is 8.